The van der Waals surface area contributed by atoms with Crippen LogP contribution in [0.1, 0.15) is 99.1 Å². The van der Waals surface area contributed by atoms with Crippen LogP contribution >= 0.6 is 0 Å². The van der Waals surface area contributed by atoms with Crippen molar-refractivity contribution in [1.82, 2.24) is 18.4 Å². The van der Waals surface area contributed by atoms with E-state index in [1.807, 2.05) is 77.9 Å². The SMILES string of the molecule is CC(C)(C)OC(=O)N1CC2(CCN(S(=O)(=O)N(Cc3ccc(C(=O)CN)cc3)c3ccccc3)CC2)C1.COC(=O)c1ccc(CN(c2ccccc2)S(=O)(=O)N2CCC3(CC2)CN(C(=O)OC(C)(C)C)C3)cc1. The predicted molar refractivity (Wildman–Crippen MR) is 283 cm³/mol. The Bertz CT molecular complexity index is 2610. The van der Waals surface area contributed by atoms with Crippen LogP contribution in [0.25, 0.3) is 0 Å². The molecule has 2 N–H and O–H groups in total. The Morgan fingerprint density at radius 2 is 0.878 bits per heavy atom. The van der Waals surface area contributed by atoms with Crippen molar-refractivity contribution in [2.45, 2.75) is 91.5 Å². The molecule has 8 rings (SSSR count). The maximum Gasteiger partial charge on any atom is 0.410 e. The molecule has 0 aromatic heterocycles. The Kier molecular flexibility index (Phi) is 16.9. The molecule has 4 aromatic carbocycles. The molecule has 4 saturated heterocycles. The van der Waals surface area contributed by atoms with Crippen LogP contribution in [0.4, 0.5) is 21.0 Å². The van der Waals surface area contributed by atoms with Crippen LogP contribution in [0.2, 0.25) is 0 Å². The fourth-order valence-corrected chi connectivity index (χ4v) is 12.9. The zero-order valence-electron chi connectivity index (χ0n) is 43.6. The van der Waals surface area contributed by atoms with Crippen molar-refractivity contribution < 1.29 is 50.2 Å². The Morgan fingerprint density at radius 3 is 1.19 bits per heavy atom. The summed E-state index contributed by atoms with van der Waals surface area (Å²) in [6, 6.07) is 31.7. The number of nitrogens with two attached hydrogens (primary N) is 1. The molecule has 18 nitrogen and oxygen atoms in total. The van der Waals surface area contributed by atoms with Crippen LogP contribution in [0.15, 0.2) is 109 Å². The number of carbonyl (C=O) groups excluding carboxylic acids is 4. The first-order valence-corrected chi connectivity index (χ1v) is 27.8. The predicted octanol–water partition coefficient (Wildman–Crippen LogP) is 7.47. The van der Waals surface area contributed by atoms with E-state index in [1.165, 1.54) is 24.3 Å². The standard InChI is InChI=1S/C27H36N4O5S.C27H35N3O6S/c1-26(2,3)36-25(33)29-19-27(20-29)13-15-30(16-14-27)37(34,35)31(23-7-5-4-6-8-23)18-21-9-11-22(12-10-21)24(32)17-28;1-26(2,3)36-25(32)28-19-27(20-28)14-16-29(17-15-27)37(33,34)30(23-8-6-5-7-9-23)18-21-10-12-22(13-11-21)24(31)35-4/h4-12H,13-20,28H2,1-3H3;5-13H,14-20H2,1-4H3. The molecule has 0 atom stereocenters. The number of likely N-dealkylation sites (tertiary alicyclic amines) is 2. The maximum atomic E-state index is 13.9. The zero-order chi connectivity index (χ0) is 53.7. The van der Waals surface area contributed by atoms with E-state index in [4.69, 9.17) is 19.9 Å². The first-order chi connectivity index (χ1) is 34.8. The monoisotopic (exact) mass is 1060 g/mol. The summed E-state index contributed by atoms with van der Waals surface area (Å²) in [5.74, 6) is -0.606. The number of piperidine rings is 2. The molecule has 0 unspecified atom stereocenters. The first kappa shape index (κ1) is 55.7. The molecular weight excluding hydrogens is 987 g/mol. The minimum absolute atomic E-state index is 0.0636. The van der Waals surface area contributed by atoms with Crippen LogP contribution in [-0.4, -0.2) is 136 Å². The number of amides is 2. The maximum absolute atomic E-state index is 13.9. The van der Waals surface area contributed by atoms with Gasteiger partial charge in [0.2, 0.25) is 0 Å². The third kappa shape index (κ3) is 13.4. The second-order valence-corrected chi connectivity index (χ2v) is 25.4. The van der Waals surface area contributed by atoms with Crippen molar-refractivity contribution in [3.63, 3.8) is 0 Å². The summed E-state index contributed by atoms with van der Waals surface area (Å²) in [5, 5.41) is 0. The van der Waals surface area contributed by atoms with Gasteiger partial charge < -0.3 is 29.7 Å². The fraction of sp³-hybridized carbons (Fsp3) is 0.481. The number of hydrogen-bond acceptors (Lipinski definition) is 12. The molecule has 0 saturated carbocycles. The second-order valence-electron chi connectivity index (χ2n) is 21.7. The van der Waals surface area contributed by atoms with E-state index >= 15 is 0 Å². The van der Waals surface area contributed by atoms with Crippen molar-refractivity contribution in [1.29, 1.82) is 0 Å². The summed E-state index contributed by atoms with van der Waals surface area (Å²) < 4.78 is 77.0. The van der Waals surface area contributed by atoms with Crippen molar-refractivity contribution in [2.75, 3.05) is 74.6 Å². The Balaban J connectivity index is 0.000000216. The lowest BCUT2D eigenvalue weighted by Crippen LogP contribution is -2.63. The molecule has 4 aliphatic heterocycles. The summed E-state index contributed by atoms with van der Waals surface area (Å²) in [5.41, 5.74) is 7.80. The van der Waals surface area contributed by atoms with Gasteiger partial charge in [0.15, 0.2) is 5.78 Å². The number of esters is 1. The molecule has 4 heterocycles. The summed E-state index contributed by atoms with van der Waals surface area (Å²) in [4.78, 5) is 51.7. The highest BCUT2D eigenvalue weighted by atomic mass is 32.2. The van der Waals surface area contributed by atoms with Crippen molar-refractivity contribution in [3.05, 3.63) is 131 Å². The van der Waals surface area contributed by atoms with Gasteiger partial charge in [0.1, 0.15) is 11.2 Å². The lowest BCUT2D eigenvalue weighted by Gasteiger charge is -2.53. The van der Waals surface area contributed by atoms with E-state index in [0.717, 1.165) is 11.1 Å². The van der Waals surface area contributed by atoms with Crippen LogP contribution in [0.5, 0.6) is 0 Å². The average molecular weight is 1060 g/mol. The summed E-state index contributed by atoms with van der Waals surface area (Å²) in [6.45, 7) is 15.1. The Morgan fingerprint density at radius 1 is 0.541 bits per heavy atom. The molecule has 4 aliphatic rings. The molecule has 400 valence electrons. The number of benzene rings is 4. The molecule has 4 aromatic rings. The average Bonchev–Trinajstić information content (AvgIpc) is 3.35. The topological polar surface area (TPSA) is 210 Å². The number of ketones is 1. The van der Waals surface area contributed by atoms with Gasteiger partial charge in [-0.1, -0.05) is 72.8 Å². The molecule has 0 radical (unpaired) electrons. The normalized spacial score (nSPS) is 17.7. The van der Waals surface area contributed by atoms with Gasteiger partial charge in [-0.05, 0) is 115 Å². The number of anilines is 2. The number of methoxy groups -OCH3 is 1. The third-order valence-corrected chi connectivity index (χ3v) is 17.6. The van der Waals surface area contributed by atoms with E-state index in [9.17, 15) is 36.0 Å². The van der Waals surface area contributed by atoms with Gasteiger partial charge in [0.05, 0.1) is 43.7 Å². The van der Waals surface area contributed by atoms with Crippen molar-refractivity contribution in [3.8, 4) is 0 Å². The van der Waals surface area contributed by atoms with E-state index in [2.05, 4.69) is 0 Å². The molecule has 20 heteroatoms. The summed E-state index contributed by atoms with van der Waals surface area (Å²) in [7, 11) is -6.32. The van der Waals surface area contributed by atoms with Crippen molar-refractivity contribution >= 4 is 55.7 Å². The molecule has 2 spiro atoms. The highest BCUT2D eigenvalue weighted by molar-refractivity contribution is 7.90. The number of Topliss-reactive ketones (excluding diaryl/α,β-unsaturated/α-hetero) is 1. The smallest absolute Gasteiger partial charge is 0.410 e. The van der Waals surface area contributed by atoms with E-state index in [0.29, 0.717) is 101 Å². The largest absolute Gasteiger partial charge is 0.465 e. The van der Waals surface area contributed by atoms with Crippen LogP contribution in [-0.2, 0) is 47.7 Å². The number of rotatable bonds is 13. The van der Waals surface area contributed by atoms with Gasteiger partial charge in [0.25, 0.3) is 0 Å². The van der Waals surface area contributed by atoms with Gasteiger partial charge in [0, 0.05) is 68.8 Å². The lowest BCUT2D eigenvalue weighted by molar-refractivity contribution is -0.0523. The van der Waals surface area contributed by atoms with E-state index in [-0.39, 0.29) is 48.4 Å². The van der Waals surface area contributed by atoms with Gasteiger partial charge in [-0.2, -0.15) is 25.4 Å². The van der Waals surface area contributed by atoms with E-state index in [1.54, 1.807) is 82.6 Å². The van der Waals surface area contributed by atoms with Crippen LogP contribution in [0.3, 0.4) is 0 Å². The molecule has 2 amide bonds. The second kappa shape index (κ2) is 22.4. The number of carbonyl (C=O) groups is 4. The minimum atomic E-state index is -3.82. The molecule has 0 bridgehead atoms. The highest BCUT2D eigenvalue weighted by Gasteiger charge is 2.51. The van der Waals surface area contributed by atoms with E-state index < -0.39 is 37.6 Å². The first-order valence-electron chi connectivity index (χ1n) is 25.0. The zero-order valence-corrected chi connectivity index (χ0v) is 45.2. The molecule has 4 fully saturated rings. The van der Waals surface area contributed by atoms with Gasteiger partial charge in [-0.15, -0.1) is 0 Å². The number of ether oxygens (including phenoxy) is 3. The molecule has 74 heavy (non-hydrogen) atoms. The van der Waals surface area contributed by atoms with Crippen LogP contribution in [0, 0.1) is 10.8 Å². The number of nitrogens with zero attached hydrogens (tertiary/aromatic N) is 6. The number of para-hydroxylation sites is 2. The number of hydrogen-bond donors (Lipinski definition) is 1. The Hall–Kier alpha value is -6.06. The Labute approximate surface area is 436 Å². The molecular formula is C54H71N7O11S2. The third-order valence-electron chi connectivity index (χ3n) is 13.8. The summed E-state index contributed by atoms with van der Waals surface area (Å²) in [6.07, 6.45) is 2.10. The fourth-order valence-electron chi connectivity index (χ4n) is 9.64. The summed E-state index contributed by atoms with van der Waals surface area (Å²) >= 11 is 0. The molecule has 0 aliphatic carbocycles. The van der Waals surface area contributed by atoms with Crippen LogP contribution < -0.4 is 14.3 Å². The minimum Gasteiger partial charge on any atom is -0.465 e. The van der Waals surface area contributed by atoms with Gasteiger partial charge in [-0.3, -0.25) is 13.4 Å². The highest BCUT2D eigenvalue weighted by Crippen LogP contribution is 2.44. The van der Waals surface area contributed by atoms with Gasteiger partial charge >= 0.3 is 38.6 Å². The van der Waals surface area contributed by atoms with Gasteiger partial charge in [-0.25, -0.2) is 14.4 Å². The quantitative estimate of drug-likeness (QED) is 0.0786. The van der Waals surface area contributed by atoms with Crippen molar-refractivity contribution in [2.24, 2.45) is 16.6 Å². The lowest BCUT2D eigenvalue weighted by atomic mass is 9.72.